The van der Waals surface area contributed by atoms with Gasteiger partial charge in [-0.3, -0.25) is 0 Å². The molecule has 1 fully saturated rings. The molecule has 0 amide bonds. The lowest BCUT2D eigenvalue weighted by atomic mass is 10.2. The van der Waals surface area contributed by atoms with Crippen LogP contribution >= 0.6 is 11.8 Å². The van der Waals surface area contributed by atoms with Gasteiger partial charge in [0.15, 0.2) is 0 Å². The minimum atomic E-state index is 0.846. The van der Waals surface area contributed by atoms with Crippen molar-refractivity contribution in [1.29, 1.82) is 0 Å². The third-order valence-corrected chi connectivity index (χ3v) is 4.04. The zero-order valence-corrected chi connectivity index (χ0v) is 12.5. The van der Waals surface area contributed by atoms with E-state index in [0.29, 0.717) is 0 Å². The van der Waals surface area contributed by atoms with E-state index in [-0.39, 0.29) is 0 Å². The van der Waals surface area contributed by atoms with Gasteiger partial charge in [-0.1, -0.05) is 12.1 Å². The molecule has 3 nitrogen and oxygen atoms in total. The summed E-state index contributed by atoms with van der Waals surface area (Å²) >= 11 is 1.91. The first kappa shape index (κ1) is 14.7. The molecule has 4 heteroatoms. The van der Waals surface area contributed by atoms with Crippen LogP contribution in [0.4, 0.5) is 5.69 Å². The number of thioether (sulfide) groups is 1. The number of anilines is 1. The van der Waals surface area contributed by atoms with Crippen LogP contribution in [0.5, 0.6) is 0 Å². The topological polar surface area (TPSA) is 24.5 Å². The third-order valence-electron chi connectivity index (χ3n) is 3.34. The summed E-state index contributed by atoms with van der Waals surface area (Å²) in [7, 11) is 0. The summed E-state index contributed by atoms with van der Waals surface area (Å²) < 4.78 is 5.38. The van der Waals surface area contributed by atoms with Crippen molar-refractivity contribution in [2.24, 2.45) is 0 Å². The minimum absolute atomic E-state index is 0.846. The van der Waals surface area contributed by atoms with Crippen LogP contribution in [0, 0.1) is 0 Å². The summed E-state index contributed by atoms with van der Waals surface area (Å²) in [6, 6.07) is 8.91. The van der Waals surface area contributed by atoms with Gasteiger partial charge in [-0.15, -0.1) is 0 Å². The fourth-order valence-corrected chi connectivity index (χ4v) is 2.65. The van der Waals surface area contributed by atoms with E-state index in [2.05, 4.69) is 40.7 Å². The Labute approximate surface area is 120 Å². The van der Waals surface area contributed by atoms with E-state index in [4.69, 9.17) is 4.74 Å². The maximum atomic E-state index is 5.38. The predicted molar refractivity (Wildman–Crippen MR) is 84.2 cm³/mol. The number of nitrogens with one attached hydrogen (secondary N) is 1. The van der Waals surface area contributed by atoms with Crippen LogP contribution < -0.4 is 10.2 Å². The van der Waals surface area contributed by atoms with E-state index in [1.165, 1.54) is 23.4 Å². The van der Waals surface area contributed by atoms with Crippen LogP contribution in [0.1, 0.15) is 12.0 Å². The zero-order chi connectivity index (χ0) is 13.3. The van der Waals surface area contributed by atoms with E-state index in [9.17, 15) is 0 Å². The summed E-state index contributed by atoms with van der Waals surface area (Å²) in [4.78, 5) is 2.39. The number of benzene rings is 1. The molecule has 1 N–H and O–H groups in total. The Bertz CT molecular complexity index is 350. The highest BCUT2D eigenvalue weighted by Crippen LogP contribution is 2.16. The largest absolute Gasteiger partial charge is 0.378 e. The second-order valence-corrected chi connectivity index (χ2v) is 5.77. The number of hydrogen-bond donors (Lipinski definition) is 1. The van der Waals surface area contributed by atoms with Crippen LogP contribution in [-0.2, 0) is 11.3 Å². The first-order valence-electron chi connectivity index (χ1n) is 7.01. The Hall–Kier alpha value is -0.710. The molecule has 0 saturated carbocycles. The Morgan fingerprint density at radius 2 is 1.95 bits per heavy atom. The van der Waals surface area contributed by atoms with Crippen LogP contribution in [0.25, 0.3) is 0 Å². The monoisotopic (exact) mass is 280 g/mol. The van der Waals surface area contributed by atoms with E-state index >= 15 is 0 Å². The molecule has 0 atom stereocenters. The fourth-order valence-electron chi connectivity index (χ4n) is 2.22. The van der Waals surface area contributed by atoms with Gasteiger partial charge in [0.1, 0.15) is 0 Å². The van der Waals surface area contributed by atoms with Crippen LogP contribution in [0.2, 0.25) is 0 Å². The van der Waals surface area contributed by atoms with E-state index in [0.717, 1.165) is 39.4 Å². The SMILES string of the molecule is CSCCCNCc1ccc(N2CCOCC2)cc1. The molecule has 106 valence electrons. The molecule has 19 heavy (non-hydrogen) atoms. The molecule has 1 aromatic carbocycles. The summed E-state index contributed by atoms with van der Waals surface area (Å²) in [6.45, 7) is 5.78. The highest BCUT2D eigenvalue weighted by atomic mass is 32.2. The van der Waals surface area contributed by atoms with Gasteiger partial charge in [0.25, 0.3) is 0 Å². The maximum Gasteiger partial charge on any atom is 0.0642 e. The van der Waals surface area contributed by atoms with Gasteiger partial charge in [-0.05, 0) is 42.7 Å². The molecular formula is C15H24N2OS. The van der Waals surface area contributed by atoms with Gasteiger partial charge in [0.2, 0.25) is 0 Å². The Kier molecular flexibility index (Phi) is 6.54. The molecule has 0 radical (unpaired) electrons. The second-order valence-electron chi connectivity index (χ2n) is 4.79. The molecular weight excluding hydrogens is 256 g/mol. The summed E-state index contributed by atoms with van der Waals surface area (Å²) in [5.74, 6) is 1.24. The summed E-state index contributed by atoms with van der Waals surface area (Å²) in [5.41, 5.74) is 2.68. The van der Waals surface area contributed by atoms with Gasteiger partial charge in [0, 0.05) is 25.3 Å². The Balaban J connectivity index is 1.74. The minimum Gasteiger partial charge on any atom is -0.378 e. The van der Waals surface area contributed by atoms with Crippen molar-refractivity contribution in [3.8, 4) is 0 Å². The standard InChI is InChI=1S/C15H24N2OS/c1-19-12-2-7-16-13-14-3-5-15(6-4-14)17-8-10-18-11-9-17/h3-6,16H,2,7-13H2,1H3. The van der Waals surface area contributed by atoms with Crippen molar-refractivity contribution in [1.82, 2.24) is 5.32 Å². The molecule has 1 aliphatic heterocycles. The van der Waals surface area contributed by atoms with Crippen molar-refractivity contribution in [3.05, 3.63) is 29.8 Å². The predicted octanol–water partition coefficient (Wildman–Crippen LogP) is 2.37. The molecule has 1 heterocycles. The summed E-state index contributed by atoms with van der Waals surface area (Å²) in [5, 5.41) is 3.49. The number of ether oxygens (including phenoxy) is 1. The first-order valence-corrected chi connectivity index (χ1v) is 8.41. The van der Waals surface area contributed by atoms with E-state index < -0.39 is 0 Å². The van der Waals surface area contributed by atoms with Gasteiger partial charge >= 0.3 is 0 Å². The third kappa shape index (κ3) is 5.05. The Morgan fingerprint density at radius 1 is 1.21 bits per heavy atom. The zero-order valence-electron chi connectivity index (χ0n) is 11.7. The smallest absolute Gasteiger partial charge is 0.0642 e. The van der Waals surface area contributed by atoms with E-state index in [1.807, 2.05) is 11.8 Å². The average Bonchev–Trinajstić information content (AvgIpc) is 2.49. The molecule has 2 rings (SSSR count). The van der Waals surface area contributed by atoms with Gasteiger partial charge in [-0.25, -0.2) is 0 Å². The molecule has 1 aliphatic rings. The Morgan fingerprint density at radius 3 is 2.63 bits per heavy atom. The molecule has 1 saturated heterocycles. The first-order chi connectivity index (χ1) is 9.40. The summed E-state index contributed by atoms with van der Waals surface area (Å²) in [6.07, 6.45) is 3.40. The van der Waals surface area contributed by atoms with Crippen LogP contribution in [0.3, 0.4) is 0 Å². The van der Waals surface area contributed by atoms with E-state index in [1.54, 1.807) is 0 Å². The van der Waals surface area contributed by atoms with Gasteiger partial charge in [0.05, 0.1) is 13.2 Å². The number of morpholine rings is 1. The quantitative estimate of drug-likeness (QED) is 0.775. The second kappa shape index (κ2) is 8.46. The highest BCUT2D eigenvalue weighted by molar-refractivity contribution is 7.98. The fraction of sp³-hybridized carbons (Fsp3) is 0.600. The van der Waals surface area contributed by atoms with Crippen molar-refractivity contribution in [2.75, 3.05) is 49.8 Å². The lowest BCUT2D eigenvalue weighted by molar-refractivity contribution is 0.122. The van der Waals surface area contributed by atoms with Crippen molar-refractivity contribution in [2.45, 2.75) is 13.0 Å². The highest BCUT2D eigenvalue weighted by Gasteiger charge is 2.10. The molecule has 1 aromatic rings. The van der Waals surface area contributed by atoms with Crippen molar-refractivity contribution >= 4 is 17.4 Å². The number of hydrogen-bond acceptors (Lipinski definition) is 4. The lowest BCUT2D eigenvalue weighted by Crippen LogP contribution is -2.36. The van der Waals surface area contributed by atoms with Crippen molar-refractivity contribution in [3.63, 3.8) is 0 Å². The normalized spacial score (nSPS) is 15.7. The molecule has 0 spiro atoms. The van der Waals surface area contributed by atoms with Crippen molar-refractivity contribution < 1.29 is 4.74 Å². The molecule has 0 bridgehead atoms. The maximum absolute atomic E-state index is 5.38. The lowest BCUT2D eigenvalue weighted by Gasteiger charge is -2.28. The molecule has 0 aromatic heterocycles. The average molecular weight is 280 g/mol. The number of nitrogens with zero attached hydrogens (tertiary/aromatic N) is 1. The molecule has 0 unspecified atom stereocenters. The van der Waals surface area contributed by atoms with Crippen LogP contribution in [0.15, 0.2) is 24.3 Å². The van der Waals surface area contributed by atoms with Gasteiger partial charge in [-0.2, -0.15) is 11.8 Å². The van der Waals surface area contributed by atoms with Crippen LogP contribution in [-0.4, -0.2) is 44.9 Å². The number of rotatable bonds is 7. The van der Waals surface area contributed by atoms with Gasteiger partial charge < -0.3 is 15.0 Å². The molecule has 0 aliphatic carbocycles.